The molecule has 0 fully saturated rings. The minimum atomic E-state index is -1.20. The van der Waals surface area contributed by atoms with E-state index in [1.165, 1.54) is 0 Å². The van der Waals surface area contributed by atoms with Gasteiger partial charge in [0.2, 0.25) is 0 Å². The Hall–Kier alpha value is -1.36. The molecule has 0 aliphatic rings. The Labute approximate surface area is 114 Å². The third kappa shape index (κ3) is 9.25. The maximum absolute atomic E-state index is 11.3. The fraction of sp³-hybridized carbons (Fsp3) is 0.714. The molecule has 110 valence electrons. The van der Waals surface area contributed by atoms with E-state index in [1.807, 2.05) is 0 Å². The van der Waals surface area contributed by atoms with Gasteiger partial charge in [0.1, 0.15) is 6.10 Å². The highest BCUT2D eigenvalue weighted by Gasteiger charge is 2.17. The minimum absolute atomic E-state index is 0.241. The van der Waals surface area contributed by atoms with Gasteiger partial charge in [-0.25, -0.2) is 9.59 Å². The van der Waals surface area contributed by atoms with Crippen LogP contribution in [0.25, 0.3) is 0 Å². The van der Waals surface area contributed by atoms with Crippen LogP contribution in [0.4, 0.5) is 0 Å². The predicted octanol–water partition coefficient (Wildman–Crippen LogP) is 2.14. The molecule has 5 nitrogen and oxygen atoms in total. The lowest BCUT2D eigenvalue weighted by Crippen LogP contribution is -2.24. The van der Waals surface area contributed by atoms with Crippen molar-refractivity contribution in [3.63, 3.8) is 0 Å². The summed E-state index contributed by atoms with van der Waals surface area (Å²) in [6.45, 7) is 3.95. The molecule has 0 radical (unpaired) electrons. The molecule has 0 aliphatic carbocycles. The summed E-state index contributed by atoms with van der Waals surface area (Å²) >= 11 is 0. The molecule has 0 aromatic rings. The maximum Gasteiger partial charge on any atom is 0.331 e. The zero-order valence-corrected chi connectivity index (χ0v) is 11.7. The summed E-state index contributed by atoms with van der Waals surface area (Å²) in [5, 5.41) is 17.6. The predicted molar refractivity (Wildman–Crippen MR) is 71.7 cm³/mol. The first-order valence-corrected chi connectivity index (χ1v) is 6.75. The average molecular weight is 272 g/mol. The largest absolute Gasteiger partial charge is 0.478 e. The molecule has 0 aromatic carbocycles. The van der Waals surface area contributed by atoms with Gasteiger partial charge in [0.05, 0.1) is 6.61 Å². The summed E-state index contributed by atoms with van der Waals surface area (Å²) in [6, 6.07) is 0. The Kier molecular flexibility index (Phi) is 9.80. The lowest BCUT2D eigenvalue weighted by molar-refractivity contribution is -0.146. The van der Waals surface area contributed by atoms with Crippen molar-refractivity contribution in [2.24, 2.45) is 5.92 Å². The number of aliphatic hydroxyl groups excluding tert-OH is 1. The highest BCUT2D eigenvalue weighted by Crippen LogP contribution is 2.20. The van der Waals surface area contributed by atoms with Crippen LogP contribution in [0.2, 0.25) is 0 Å². The normalized spacial score (nSPS) is 14.3. The standard InChI is InChI=1S/C14H24O5/c1-3-5-6-11(4-2)9-12(10-15)19-14(18)8-7-13(16)17/h7-8,11-12,15H,3-6,9-10H2,1-2H3,(H,16,17). The Morgan fingerprint density at radius 2 is 1.95 bits per heavy atom. The molecule has 0 saturated carbocycles. The van der Waals surface area contributed by atoms with Crippen molar-refractivity contribution in [2.75, 3.05) is 6.61 Å². The molecule has 0 rings (SSSR count). The maximum atomic E-state index is 11.3. The molecular weight excluding hydrogens is 248 g/mol. The lowest BCUT2D eigenvalue weighted by atomic mass is 9.93. The molecule has 0 aliphatic heterocycles. The first-order chi connectivity index (χ1) is 9.03. The SMILES string of the molecule is CCCCC(CC)CC(CO)OC(=O)C=CC(=O)O. The Balaban J connectivity index is 4.25. The molecule has 0 saturated heterocycles. The minimum Gasteiger partial charge on any atom is -0.478 e. The molecule has 2 atom stereocenters. The zero-order valence-electron chi connectivity index (χ0n) is 11.7. The van der Waals surface area contributed by atoms with Gasteiger partial charge in [0, 0.05) is 12.2 Å². The van der Waals surface area contributed by atoms with E-state index in [2.05, 4.69) is 13.8 Å². The number of carboxylic acids is 1. The van der Waals surface area contributed by atoms with Crippen LogP contribution in [0.3, 0.4) is 0 Å². The van der Waals surface area contributed by atoms with E-state index < -0.39 is 18.0 Å². The van der Waals surface area contributed by atoms with Crippen LogP contribution in [-0.4, -0.2) is 34.9 Å². The fourth-order valence-corrected chi connectivity index (χ4v) is 1.86. The van der Waals surface area contributed by atoms with Crippen molar-refractivity contribution in [3.05, 3.63) is 12.2 Å². The average Bonchev–Trinajstić information content (AvgIpc) is 2.39. The topological polar surface area (TPSA) is 83.8 Å². The number of ether oxygens (including phenoxy) is 1. The van der Waals surface area contributed by atoms with Crippen molar-refractivity contribution in [1.29, 1.82) is 0 Å². The Morgan fingerprint density at radius 1 is 1.26 bits per heavy atom. The van der Waals surface area contributed by atoms with Crippen LogP contribution in [0, 0.1) is 5.92 Å². The quantitative estimate of drug-likeness (QED) is 0.470. The molecule has 0 bridgehead atoms. The van der Waals surface area contributed by atoms with E-state index >= 15 is 0 Å². The van der Waals surface area contributed by atoms with Crippen LogP contribution in [0.1, 0.15) is 46.0 Å². The van der Waals surface area contributed by atoms with Gasteiger partial charge in [-0.15, -0.1) is 0 Å². The third-order valence-electron chi connectivity index (χ3n) is 2.99. The van der Waals surface area contributed by atoms with Crippen LogP contribution in [0.15, 0.2) is 12.2 Å². The van der Waals surface area contributed by atoms with Gasteiger partial charge < -0.3 is 14.9 Å². The first kappa shape index (κ1) is 17.6. The van der Waals surface area contributed by atoms with Crippen molar-refractivity contribution >= 4 is 11.9 Å². The molecule has 0 heterocycles. The zero-order chi connectivity index (χ0) is 14.7. The molecule has 2 N–H and O–H groups in total. The molecular formula is C14H24O5. The second kappa shape index (κ2) is 10.6. The van der Waals surface area contributed by atoms with Crippen molar-refractivity contribution in [1.82, 2.24) is 0 Å². The number of aliphatic carboxylic acids is 1. The number of carboxylic acid groups (broad SMARTS) is 1. The molecule has 5 heteroatoms. The number of unbranched alkanes of at least 4 members (excludes halogenated alkanes) is 1. The van der Waals surface area contributed by atoms with E-state index in [0.29, 0.717) is 12.3 Å². The van der Waals surface area contributed by atoms with Gasteiger partial charge in [-0.2, -0.15) is 0 Å². The van der Waals surface area contributed by atoms with Gasteiger partial charge in [0.25, 0.3) is 0 Å². The van der Waals surface area contributed by atoms with Gasteiger partial charge >= 0.3 is 11.9 Å². The monoisotopic (exact) mass is 272 g/mol. The molecule has 0 spiro atoms. The molecule has 0 amide bonds. The summed E-state index contributed by atoms with van der Waals surface area (Å²) in [6.07, 6.45) is 5.88. The van der Waals surface area contributed by atoms with Crippen LogP contribution in [-0.2, 0) is 14.3 Å². The number of esters is 1. The van der Waals surface area contributed by atoms with E-state index in [4.69, 9.17) is 9.84 Å². The first-order valence-electron chi connectivity index (χ1n) is 6.75. The van der Waals surface area contributed by atoms with Crippen molar-refractivity contribution in [2.45, 2.75) is 52.1 Å². The summed E-state index contributed by atoms with van der Waals surface area (Å²) in [7, 11) is 0. The van der Waals surface area contributed by atoms with Gasteiger partial charge in [-0.3, -0.25) is 0 Å². The van der Waals surface area contributed by atoms with Crippen molar-refractivity contribution in [3.8, 4) is 0 Å². The number of carbonyl (C=O) groups is 2. The fourth-order valence-electron chi connectivity index (χ4n) is 1.86. The molecule has 0 aromatic heterocycles. The summed E-state index contributed by atoms with van der Waals surface area (Å²) in [5.41, 5.74) is 0. The van der Waals surface area contributed by atoms with E-state index in [-0.39, 0.29) is 6.61 Å². The van der Waals surface area contributed by atoms with E-state index in [1.54, 1.807) is 0 Å². The summed E-state index contributed by atoms with van der Waals surface area (Å²) < 4.78 is 5.02. The Bertz CT molecular complexity index is 298. The third-order valence-corrected chi connectivity index (χ3v) is 2.99. The number of hydrogen-bond acceptors (Lipinski definition) is 4. The Morgan fingerprint density at radius 3 is 2.42 bits per heavy atom. The number of rotatable bonds is 10. The second-order valence-electron chi connectivity index (χ2n) is 4.57. The summed E-state index contributed by atoms with van der Waals surface area (Å²) in [5.74, 6) is -1.52. The van der Waals surface area contributed by atoms with Crippen LogP contribution >= 0.6 is 0 Å². The smallest absolute Gasteiger partial charge is 0.331 e. The van der Waals surface area contributed by atoms with E-state index in [0.717, 1.165) is 37.8 Å². The summed E-state index contributed by atoms with van der Waals surface area (Å²) in [4.78, 5) is 21.6. The van der Waals surface area contributed by atoms with Crippen LogP contribution in [0.5, 0.6) is 0 Å². The molecule has 19 heavy (non-hydrogen) atoms. The number of hydrogen-bond donors (Lipinski definition) is 2. The van der Waals surface area contributed by atoms with E-state index in [9.17, 15) is 14.7 Å². The lowest BCUT2D eigenvalue weighted by Gasteiger charge is -2.20. The van der Waals surface area contributed by atoms with Crippen LogP contribution < -0.4 is 0 Å². The highest BCUT2D eigenvalue weighted by atomic mass is 16.5. The van der Waals surface area contributed by atoms with Gasteiger partial charge in [-0.05, 0) is 12.3 Å². The number of aliphatic hydroxyl groups is 1. The number of carbonyl (C=O) groups excluding carboxylic acids is 1. The molecule has 2 unspecified atom stereocenters. The van der Waals surface area contributed by atoms with Gasteiger partial charge in [0.15, 0.2) is 0 Å². The van der Waals surface area contributed by atoms with Gasteiger partial charge in [-0.1, -0.05) is 39.5 Å². The second-order valence-corrected chi connectivity index (χ2v) is 4.57. The highest BCUT2D eigenvalue weighted by molar-refractivity contribution is 5.90. The van der Waals surface area contributed by atoms with Crippen molar-refractivity contribution < 1.29 is 24.5 Å².